The third kappa shape index (κ3) is 9.69. The molecule has 0 spiro atoms. The fourth-order valence-corrected chi connectivity index (χ4v) is 6.85. The Bertz CT molecular complexity index is 2050. The quantitative estimate of drug-likeness (QED) is 0.0683. The summed E-state index contributed by atoms with van der Waals surface area (Å²) in [6.07, 6.45) is 6.32. The lowest BCUT2D eigenvalue weighted by Gasteiger charge is -2.28. The van der Waals surface area contributed by atoms with E-state index in [4.69, 9.17) is 36.6 Å². The molecule has 0 saturated heterocycles. The van der Waals surface area contributed by atoms with Gasteiger partial charge < -0.3 is 36.6 Å². The van der Waals surface area contributed by atoms with Crippen molar-refractivity contribution in [1.29, 1.82) is 0 Å². The molecule has 0 aliphatic rings. The molecule has 0 fully saturated rings. The van der Waals surface area contributed by atoms with Crippen LogP contribution in [0.15, 0.2) is 128 Å². The van der Waals surface area contributed by atoms with Crippen LogP contribution in [0.4, 0.5) is 0 Å². The molecule has 6 rings (SSSR count). The number of rotatable bonds is 16. The van der Waals surface area contributed by atoms with Crippen molar-refractivity contribution in [1.82, 2.24) is 19.9 Å². The highest BCUT2D eigenvalue weighted by Crippen LogP contribution is 2.50. The number of methoxy groups -OCH3 is 2. The summed E-state index contributed by atoms with van der Waals surface area (Å²) in [5, 5.41) is 0. The monoisotopic (exact) mass is 766 g/mol. The highest BCUT2D eigenvalue weighted by molar-refractivity contribution is 7.43. The number of hydrogen-bond donors (Lipinski definition) is 0. The minimum absolute atomic E-state index is 0.105. The summed E-state index contributed by atoms with van der Waals surface area (Å²) in [5.41, 5.74) is 0.299. The Kier molecular flexibility index (Phi) is 12.3. The van der Waals surface area contributed by atoms with Crippen molar-refractivity contribution >= 4 is 23.0 Å². The van der Waals surface area contributed by atoms with Crippen molar-refractivity contribution < 1.29 is 41.4 Å². The van der Waals surface area contributed by atoms with Crippen LogP contribution in [0.25, 0.3) is 0 Å². The molecule has 0 saturated carbocycles. The summed E-state index contributed by atoms with van der Waals surface area (Å²) in [6, 6.07) is 28.9. The van der Waals surface area contributed by atoms with Crippen molar-refractivity contribution in [2.45, 2.75) is 26.2 Å². The minimum Gasteiger partial charge on any atom is -0.497 e. The van der Waals surface area contributed by atoms with E-state index in [2.05, 4.69) is 19.9 Å². The standard InChI is InChI=1S/C39H36N4O9P2/c1-39(2,3)36-30(46-5)21-20-29(38(36)52-54(50-34-16-8-12-24-42-34)51-35-17-9-13-25-43-35)37(44)28-19-18-27(45-4)26-31(28)47-53(48-32-14-6-10-22-40-32)49-33-15-7-11-23-41-33/h6-26H,1-5H3. The van der Waals surface area contributed by atoms with Crippen molar-refractivity contribution in [2.24, 2.45) is 0 Å². The van der Waals surface area contributed by atoms with E-state index in [1.165, 1.54) is 7.11 Å². The van der Waals surface area contributed by atoms with Gasteiger partial charge in [-0.25, -0.2) is 19.9 Å². The number of pyridine rings is 4. The summed E-state index contributed by atoms with van der Waals surface area (Å²) < 4.78 is 48.8. The van der Waals surface area contributed by atoms with Gasteiger partial charge in [0, 0.05) is 60.7 Å². The molecular formula is C39H36N4O9P2. The number of benzene rings is 2. The number of nitrogens with zero attached hydrogens (tertiary/aromatic N) is 4. The lowest BCUT2D eigenvalue weighted by molar-refractivity contribution is 0.103. The molecule has 0 N–H and O–H groups in total. The Morgan fingerprint density at radius 3 is 1.39 bits per heavy atom. The third-order valence-corrected chi connectivity index (χ3v) is 9.35. The second kappa shape index (κ2) is 17.7. The Labute approximate surface area is 315 Å². The number of ether oxygens (including phenoxy) is 2. The topological polar surface area (TPSA) is 142 Å². The lowest BCUT2D eigenvalue weighted by Crippen LogP contribution is -2.18. The first-order valence-corrected chi connectivity index (χ1v) is 18.7. The van der Waals surface area contributed by atoms with Crippen LogP contribution in [0.1, 0.15) is 42.3 Å². The highest BCUT2D eigenvalue weighted by Gasteiger charge is 2.34. The van der Waals surface area contributed by atoms with Crippen LogP contribution in [0.5, 0.6) is 46.5 Å². The Balaban J connectivity index is 1.44. The molecule has 15 heteroatoms. The number of hydrogen-bond acceptors (Lipinski definition) is 13. The summed E-state index contributed by atoms with van der Waals surface area (Å²) in [7, 11) is -1.50. The van der Waals surface area contributed by atoms with Gasteiger partial charge in [0.2, 0.25) is 29.3 Å². The van der Waals surface area contributed by atoms with E-state index in [9.17, 15) is 4.79 Å². The van der Waals surface area contributed by atoms with E-state index in [1.54, 1.807) is 135 Å². The van der Waals surface area contributed by atoms with Gasteiger partial charge in [0.15, 0.2) is 0 Å². The van der Waals surface area contributed by atoms with Gasteiger partial charge in [-0.2, -0.15) is 0 Å². The minimum atomic E-state index is -2.30. The molecule has 4 heterocycles. The molecule has 0 unspecified atom stereocenters. The van der Waals surface area contributed by atoms with Gasteiger partial charge in [-0.3, -0.25) is 4.79 Å². The lowest BCUT2D eigenvalue weighted by atomic mass is 9.83. The largest absolute Gasteiger partial charge is 0.532 e. The van der Waals surface area contributed by atoms with Crippen LogP contribution in [-0.2, 0) is 5.41 Å². The maximum Gasteiger partial charge on any atom is 0.532 e. The molecule has 0 amide bonds. The van der Waals surface area contributed by atoms with Crippen molar-refractivity contribution in [3.05, 3.63) is 145 Å². The van der Waals surface area contributed by atoms with Crippen molar-refractivity contribution in [3.8, 4) is 46.5 Å². The smallest absolute Gasteiger partial charge is 0.497 e. The van der Waals surface area contributed by atoms with Gasteiger partial charge in [0.25, 0.3) is 0 Å². The summed E-state index contributed by atoms with van der Waals surface area (Å²) >= 11 is 0. The number of ketones is 1. The van der Waals surface area contributed by atoms with Gasteiger partial charge in [-0.1, -0.05) is 45.0 Å². The average molecular weight is 767 g/mol. The van der Waals surface area contributed by atoms with E-state index >= 15 is 0 Å². The first-order valence-electron chi connectivity index (χ1n) is 16.5. The van der Waals surface area contributed by atoms with Gasteiger partial charge in [-0.05, 0) is 53.9 Å². The Morgan fingerprint density at radius 1 is 0.519 bits per heavy atom. The first-order chi connectivity index (χ1) is 26.2. The summed E-state index contributed by atoms with van der Waals surface area (Å²) in [6.45, 7) is 5.94. The first kappa shape index (κ1) is 37.7. The second-order valence-electron chi connectivity index (χ2n) is 12.1. The fourth-order valence-electron chi connectivity index (χ4n) is 4.93. The zero-order valence-corrected chi connectivity index (χ0v) is 31.8. The average Bonchev–Trinajstić information content (AvgIpc) is 3.18. The predicted octanol–water partition coefficient (Wildman–Crippen LogP) is 9.34. The Morgan fingerprint density at radius 2 is 0.981 bits per heavy atom. The van der Waals surface area contributed by atoms with Crippen molar-refractivity contribution in [2.75, 3.05) is 14.2 Å². The predicted molar refractivity (Wildman–Crippen MR) is 203 cm³/mol. The van der Waals surface area contributed by atoms with E-state index in [1.807, 2.05) is 20.8 Å². The zero-order chi connectivity index (χ0) is 37.9. The molecule has 2 aromatic carbocycles. The maximum atomic E-state index is 14.9. The number of carbonyl (C=O) groups is 1. The van der Waals surface area contributed by atoms with Gasteiger partial charge in [-0.15, -0.1) is 0 Å². The van der Waals surface area contributed by atoms with Crippen LogP contribution in [-0.4, -0.2) is 39.9 Å². The van der Waals surface area contributed by atoms with Crippen molar-refractivity contribution in [3.63, 3.8) is 0 Å². The second-order valence-corrected chi connectivity index (χ2v) is 14.1. The van der Waals surface area contributed by atoms with E-state index in [-0.39, 0.29) is 46.1 Å². The molecule has 6 aromatic rings. The van der Waals surface area contributed by atoms with Crippen LogP contribution in [0, 0.1) is 0 Å². The van der Waals surface area contributed by atoms with Gasteiger partial charge in [0.1, 0.15) is 23.0 Å². The van der Waals surface area contributed by atoms with Crippen LogP contribution in [0.2, 0.25) is 0 Å². The normalized spacial score (nSPS) is 11.1. The van der Waals surface area contributed by atoms with Crippen LogP contribution < -0.4 is 36.6 Å². The van der Waals surface area contributed by atoms with Crippen LogP contribution in [0.3, 0.4) is 0 Å². The number of aromatic nitrogens is 4. The SMILES string of the molecule is COc1ccc(C(=O)c2ccc(OC)c(C(C)(C)C)c2OP(Oc2ccccn2)Oc2ccccn2)c(OP(Oc2ccccn2)Oc2ccccn2)c1. The van der Waals surface area contributed by atoms with E-state index in [0.29, 0.717) is 17.1 Å². The highest BCUT2D eigenvalue weighted by atomic mass is 31.2. The molecule has 54 heavy (non-hydrogen) atoms. The van der Waals surface area contributed by atoms with Crippen LogP contribution >= 0.6 is 17.2 Å². The molecule has 0 atom stereocenters. The molecule has 0 bridgehead atoms. The van der Waals surface area contributed by atoms with E-state index in [0.717, 1.165) is 0 Å². The Hall–Kier alpha value is -6.03. The molecule has 13 nitrogen and oxygen atoms in total. The summed E-state index contributed by atoms with van der Waals surface area (Å²) in [4.78, 5) is 32.0. The molecular weight excluding hydrogens is 730 g/mol. The molecule has 4 aromatic heterocycles. The summed E-state index contributed by atoms with van der Waals surface area (Å²) in [5.74, 6) is 1.69. The molecule has 0 radical (unpaired) electrons. The molecule has 276 valence electrons. The van der Waals surface area contributed by atoms with Gasteiger partial charge in [0.05, 0.1) is 25.3 Å². The fraction of sp³-hybridized carbons (Fsp3) is 0.154. The molecule has 0 aliphatic carbocycles. The number of carbonyl (C=O) groups excluding carboxylic acids is 1. The zero-order valence-electron chi connectivity index (χ0n) is 30.0. The third-order valence-electron chi connectivity index (χ3n) is 7.33. The van der Waals surface area contributed by atoms with Gasteiger partial charge >= 0.3 is 17.2 Å². The molecule has 0 aliphatic heterocycles. The maximum absolute atomic E-state index is 14.9. The van der Waals surface area contributed by atoms with E-state index < -0.39 is 28.4 Å².